The van der Waals surface area contributed by atoms with E-state index in [4.69, 9.17) is 5.73 Å². The number of nitrogens with zero attached hydrogens (tertiary/aromatic N) is 1. The number of anilines is 1. The lowest BCUT2D eigenvalue weighted by atomic mass is 10.0. The molecule has 0 spiro atoms. The van der Waals surface area contributed by atoms with E-state index in [1.807, 2.05) is 44.2 Å². The summed E-state index contributed by atoms with van der Waals surface area (Å²) in [5, 5.41) is 5.22. The molecule has 1 unspecified atom stereocenters. The molecule has 0 saturated carbocycles. The molecule has 1 saturated heterocycles. The first-order valence-corrected chi connectivity index (χ1v) is 8.59. The normalized spacial score (nSPS) is 18.1. The van der Waals surface area contributed by atoms with Crippen molar-refractivity contribution in [3.05, 3.63) is 30.3 Å². The molecule has 1 aromatic rings. The van der Waals surface area contributed by atoms with Crippen LogP contribution in [-0.4, -0.2) is 42.9 Å². The number of hydrogen-bond donors (Lipinski definition) is 3. The number of benzene rings is 1. The SMILES string of the molecule is CC(C)[C@H](N)C(=O)NCC(=O)NC1CCCN(c2ccccc2)C1=O.Cl. The third-order valence-electron chi connectivity index (χ3n) is 4.29. The number of hydrogen-bond acceptors (Lipinski definition) is 4. The third-order valence-corrected chi connectivity index (χ3v) is 4.29. The fourth-order valence-electron chi connectivity index (χ4n) is 2.71. The predicted octanol–water partition coefficient (Wildman–Crippen LogP) is 0.820. The molecule has 1 aliphatic rings. The Morgan fingerprint density at radius 3 is 2.54 bits per heavy atom. The first-order valence-electron chi connectivity index (χ1n) is 8.59. The Morgan fingerprint density at radius 1 is 1.27 bits per heavy atom. The van der Waals surface area contributed by atoms with Crippen molar-refractivity contribution >= 4 is 35.8 Å². The lowest BCUT2D eigenvalue weighted by molar-refractivity contribution is -0.130. The smallest absolute Gasteiger partial charge is 0.249 e. The van der Waals surface area contributed by atoms with Crippen molar-refractivity contribution in [1.82, 2.24) is 10.6 Å². The van der Waals surface area contributed by atoms with Crippen LogP contribution in [0, 0.1) is 5.92 Å². The summed E-state index contributed by atoms with van der Waals surface area (Å²) in [4.78, 5) is 38.1. The van der Waals surface area contributed by atoms with Gasteiger partial charge in [0.1, 0.15) is 6.04 Å². The Bertz CT molecular complexity index is 624. The molecule has 0 aromatic heterocycles. The van der Waals surface area contributed by atoms with Gasteiger partial charge in [-0.2, -0.15) is 0 Å². The Kier molecular flexibility index (Phi) is 8.54. The van der Waals surface area contributed by atoms with Crippen molar-refractivity contribution in [3.8, 4) is 0 Å². The summed E-state index contributed by atoms with van der Waals surface area (Å²) in [6.45, 7) is 4.12. The van der Waals surface area contributed by atoms with Gasteiger partial charge in [0, 0.05) is 12.2 Å². The molecule has 0 bridgehead atoms. The van der Waals surface area contributed by atoms with Crippen LogP contribution >= 0.6 is 12.4 Å². The molecule has 7 nitrogen and oxygen atoms in total. The van der Waals surface area contributed by atoms with Gasteiger partial charge in [-0.3, -0.25) is 14.4 Å². The van der Waals surface area contributed by atoms with Crippen molar-refractivity contribution < 1.29 is 14.4 Å². The summed E-state index contributed by atoms with van der Waals surface area (Å²) < 4.78 is 0. The largest absolute Gasteiger partial charge is 0.346 e. The van der Waals surface area contributed by atoms with Crippen LogP contribution in [-0.2, 0) is 14.4 Å². The lowest BCUT2D eigenvalue weighted by Crippen LogP contribution is -2.54. The number of nitrogens with one attached hydrogen (secondary N) is 2. The molecule has 2 atom stereocenters. The van der Waals surface area contributed by atoms with E-state index < -0.39 is 18.0 Å². The molecule has 1 aliphatic heterocycles. The molecule has 144 valence electrons. The second kappa shape index (κ2) is 10.1. The highest BCUT2D eigenvalue weighted by atomic mass is 35.5. The summed E-state index contributed by atoms with van der Waals surface area (Å²) in [5.41, 5.74) is 6.55. The van der Waals surface area contributed by atoms with Crippen LogP contribution in [0.2, 0.25) is 0 Å². The highest BCUT2D eigenvalue weighted by Crippen LogP contribution is 2.20. The van der Waals surface area contributed by atoms with Crippen LogP contribution in [0.4, 0.5) is 5.69 Å². The van der Waals surface area contributed by atoms with Gasteiger partial charge in [-0.15, -0.1) is 12.4 Å². The van der Waals surface area contributed by atoms with Crippen molar-refractivity contribution in [2.75, 3.05) is 18.0 Å². The van der Waals surface area contributed by atoms with Gasteiger partial charge < -0.3 is 21.3 Å². The van der Waals surface area contributed by atoms with E-state index in [1.54, 1.807) is 4.90 Å². The van der Waals surface area contributed by atoms with Crippen molar-refractivity contribution in [3.63, 3.8) is 0 Å². The average molecular weight is 383 g/mol. The molecule has 1 heterocycles. The van der Waals surface area contributed by atoms with Gasteiger partial charge in [0.25, 0.3) is 0 Å². The highest BCUT2D eigenvalue weighted by Gasteiger charge is 2.30. The van der Waals surface area contributed by atoms with Crippen LogP contribution in [0.15, 0.2) is 30.3 Å². The summed E-state index contributed by atoms with van der Waals surface area (Å²) in [7, 11) is 0. The Labute approximate surface area is 160 Å². The van der Waals surface area contributed by atoms with E-state index in [1.165, 1.54) is 0 Å². The van der Waals surface area contributed by atoms with Gasteiger partial charge in [0.2, 0.25) is 17.7 Å². The van der Waals surface area contributed by atoms with Crippen molar-refractivity contribution in [1.29, 1.82) is 0 Å². The summed E-state index contributed by atoms with van der Waals surface area (Å²) in [6, 6.07) is 8.15. The zero-order chi connectivity index (χ0) is 18.4. The molecular formula is C18H27ClN4O3. The Morgan fingerprint density at radius 2 is 1.92 bits per heavy atom. The lowest BCUT2D eigenvalue weighted by Gasteiger charge is -2.32. The monoisotopic (exact) mass is 382 g/mol. The van der Waals surface area contributed by atoms with Gasteiger partial charge in [-0.05, 0) is 30.9 Å². The maximum absolute atomic E-state index is 12.6. The maximum atomic E-state index is 12.6. The van der Waals surface area contributed by atoms with Crippen LogP contribution in [0.1, 0.15) is 26.7 Å². The number of carbonyl (C=O) groups is 3. The third kappa shape index (κ3) is 5.71. The van der Waals surface area contributed by atoms with Crippen molar-refractivity contribution in [2.24, 2.45) is 11.7 Å². The molecule has 2 rings (SSSR count). The van der Waals surface area contributed by atoms with Gasteiger partial charge in [-0.1, -0.05) is 32.0 Å². The van der Waals surface area contributed by atoms with E-state index in [0.717, 1.165) is 12.1 Å². The molecule has 1 fully saturated rings. The van der Waals surface area contributed by atoms with Gasteiger partial charge in [0.15, 0.2) is 0 Å². The van der Waals surface area contributed by atoms with Gasteiger partial charge in [-0.25, -0.2) is 0 Å². The number of piperidine rings is 1. The summed E-state index contributed by atoms with van der Waals surface area (Å²) in [5.74, 6) is -0.901. The molecule has 4 N–H and O–H groups in total. The molecule has 26 heavy (non-hydrogen) atoms. The molecule has 0 radical (unpaired) electrons. The van der Waals surface area contributed by atoms with E-state index in [9.17, 15) is 14.4 Å². The zero-order valence-electron chi connectivity index (χ0n) is 15.1. The number of para-hydroxylation sites is 1. The van der Waals surface area contributed by atoms with Crippen LogP contribution < -0.4 is 21.3 Å². The minimum absolute atomic E-state index is 0. The molecule has 3 amide bonds. The van der Waals surface area contributed by atoms with Crippen LogP contribution in [0.3, 0.4) is 0 Å². The number of carbonyl (C=O) groups excluding carboxylic acids is 3. The molecule has 1 aromatic carbocycles. The van der Waals surface area contributed by atoms with E-state index in [0.29, 0.717) is 13.0 Å². The summed E-state index contributed by atoms with van der Waals surface area (Å²) >= 11 is 0. The number of amides is 3. The first kappa shape index (κ1) is 21.9. The van der Waals surface area contributed by atoms with E-state index >= 15 is 0 Å². The molecular weight excluding hydrogens is 356 g/mol. The van der Waals surface area contributed by atoms with E-state index in [2.05, 4.69) is 10.6 Å². The second-order valence-corrected chi connectivity index (χ2v) is 6.58. The first-order chi connectivity index (χ1) is 11.9. The number of nitrogens with two attached hydrogens (primary N) is 1. The standard InChI is InChI=1S/C18H26N4O3.ClH/c1-12(2)16(19)17(24)20-11-15(23)21-14-9-6-10-22(18(14)25)13-7-4-3-5-8-13;/h3-5,7-8,12,14,16H,6,9-11,19H2,1-2H3,(H,20,24)(H,21,23);1H/t14?,16-;/m0./s1. The van der Waals surface area contributed by atoms with Crippen molar-refractivity contribution in [2.45, 2.75) is 38.8 Å². The highest BCUT2D eigenvalue weighted by molar-refractivity contribution is 6.00. The Hall–Kier alpha value is -2.12. The predicted molar refractivity (Wildman–Crippen MR) is 103 cm³/mol. The van der Waals surface area contributed by atoms with Gasteiger partial charge in [0.05, 0.1) is 12.6 Å². The van der Waals surface area contributed by atoms with Crippen LogP contribution in [0.25, 0.3) is 0 Å². The second-order valence-electron chi connectivity index (χ2n) is 6.58. The zero-order valence-corrected chi connectivity index (χ0v) is 15.9. The average Bonchev–Trinajstić information content (AvgIpc) is 2.61. The quantitative estimate of drug-likeness (QED) is 0.677. The minimum atomic E-state index is -0.655. The molecule has 0 aliphatic carbocycles. The number of rotatable bonds is 6. The summed E-state index contributed by atoms with van der Waals surface area (Å²) in [6.07, 6.45) is 1.39. The van der Waals surface area contributed by atoms with Gasteiger partial charge >= 0.3 is 0 Å². The van der Waals surface area contributed by atoms with E-state index in [-0.39, 0.29) is 36.7 Å². The fourth-order valence-corrected chi connectivity index (χ4v) is 2.71. The van der Waals surface area contributed by atoms with Crippen LogP contribution in [0.5, 0.6) is 0 Å². The number of halogens is 1. The maximum Gasteiger partial charge on any atom is 0.249 e. The fraction of sp³-hybridized carbons (Fsp3) is 0.500. The minimum Gasteiger partial charge on any atom is -0.346 e. The topological polar surface area (TPSA) is 105 Å². The molecule has 8 heteroatoms. The Balaban J connectivity index is 0.00000338.